The Morgan fingerprint density at radius 3 is 2.60 bits per heavy atom. The average molecular weight is 251 g/mol. The first-order valence-corrected chi connectivity index (χ1v) is 8.69. The second kappa shape index (κ2) is 5.55. The van der Waals surface area contributed by atoms with Crippen LogP contribution < -0.4 is 0 Å². The Labute approximate surface area is 97.5 Å². The van der Waals surface area contributed by atoms with Crippen molar-refractivity contribution in [2.75, 3.05) is 31.9 Å². The summed E-state index contributed by atoms with van der Waals surface area (Å²) in [6.07, 6.45) is 7.22. The highest BCUT2D eigenvalue weighted by Crippen LogP contribution is 2.31. The van der Waals surface area contributed by atoms with Gasteiger partial charge in [0.05, 0.1) is 5.75 Å². The van der Waals surface area contributed by atoms with E-state index in [9.17, 15) is 8.42 Å². The van der Waals surface area contributed by atoms with Crippen LogP contribution in [0.5, 0.6) is 0 Å². The monoisotopic (exact) mass is 251 g/mol. The van der Waals surface area contributed by atoms with E-state index in [0.717, 1.165) is 0 Å². The van der Waals surface area contributed by atoms with Crippen LogP contribution in [-0.2, 0) is 9.84 Å². The first-order chi connectivity index (χ1) is 6.94. The molecule has 1 rings (SSSR count). The molecule has 0 radical (unpaired) electrons. The summed E-state index contributed by atoms with van der Waals surface area (Å²) in [6, 6.07) is 0.571. The highest BCUT2D eigenvalue weighted by Gasteiger charge is 2.29. The van der Waals surface area contributed by atoms with Crippen LogP contribution in [0.2, 0.25) is 0 Å². The molecule has 0 aromatic rings. The van der Waals surface area contributed by atoms with E-state index in [-0.39, 0.29) is 5.75 Å². The number of thioether (sulfide) groups is 1. The maximum absolute atomic E-state index is 11.1. The van der Waals surface area contributed by atoms with Gasteiger partial charge in [0.1, 0.15) is 9.84 Å². The Hall–Kier alpha value is 0.260. The fourth-order valence-electron chi connectivity index (χ4n) is 2.16. The number of nitrogens with zero attached hydrogens (tertiary/aromatic N) is 1. The molecule has 0 saturated heterocycles. The first-order valence-electron chi connectivity index (χ1n) is 5.35. The highest BCUT2D eigenvalue weighted by atomic mass is 32.2. The van der Waals surface area contributed by atoms with E-state index in [1.807, 2.05) is 18.8 Å². The minimum atomic E-state index is -2.82. The van der Waals surface area contributed by atoms with Crippen LogP contribution >= 0.6 is 11.8 Å². The standard InChI is InChI=1S/C10H21NO2S2/c1-11(7-8-15(3,12)13)9-5-4-6-10(9)14-2/h9-10H,4-8H2,1-3H3. The maximum atomic E-state index is 11.1. The zero-order valence-corrected chi connectivity index (χ0v) is 11.4. The maximum Gasteiger partial charge on any atom is 0.148 e. The van der Waals surface area contributed by atoms with Gasteiger partial charge in [0.25, 0.3) is 0 Å². The van der Waals surface area contributed by atoms with E-state index in [1.165, 1.54) is 25.5 Å². The van der Waals surface area contributed by atoms with Crippen molar-refractivity contribution < 1.29 is 8.42 Å². The summed E-state index contributed by atoms with van der Waals surface area (Å²) in [7, 11) is -0.775. The summed E-state index contributed by atoms with van der Waals surface area (Å²) in [5.74, 6) is 0.279. The summed E-state index contributed by atoms with van der Waals surface area (Å²) < 4.78 is 22.1. The lowest BCUT2D eigenvalue weighted by Crippen LogP contribution is -2.38. The molecule has 90 valence electrons. The van der Waals surface area contributed by atoms with Gasteiger partial charge >= 0.3 is 0 Å². The average Bonchev–Trinajstić information content (AvgIpc) is 2.60. The van der Waals surface area contributed by atoms with E-state index in [0.29, 0.717) is 17.8 Å². The van der Waals surface area contributed by atoms with Crippen LogP contribution in [-0.4, -0.2) is 56.5 Å². The van der Waals surface area contributed by atoms with Crippen LogP contribution in [0.15, 0.2) is 0 Å². The summed E-state index contributed by atoms with van der Waals surface area (Å²) in [4.78, 5) is 2.22. The second-order valence-corrected chi connectivity index (χ2v) is 7.72. The van der Waals surface area contributed by atoms with E-state index in [1.54, 1.807) is 0 Å². The Kier molecular flexibility index (Phi) is 4.93. The van der Waals surface area contributed by atoms with Gasteiger partial charge in [-0.25, -0.2) is 8.42 Å². The normalized spacial score (nSPS) is 27.5. The van der Waals surface area contributed by atoms with Gasteiger partial charge in [-0.05, 0) is 26.1 Å². The predicted octanol–water partition coefficient (Wildman–Crippen LogP) is 1.25. The quantitative estimate of drug-likeness (QED) is 0.737. The molecule has 15 heavy (non-hydrogen) atoms. The fourth-order valence-corrected chi connectivity index (χ4v) is 3.84. The van der Waals surface area contributed by atoms with Crippen LogP contribution in [0.1, 0.15) is 19.3 Å². The summed E-state index contributed by atoms with van der Waals surface area (Å²) >= 11 is 1.91. The Morgan fingerprint density at radius 1 is 1.40 bits per heavy atom. The van der Waals surface area contributed by atoms with Gasteiger partial charge in [-0.1, -0.05) is 6.42 Å². The van der Waals surface area contributed by atoms with Crippen LogP contribution in [0, 0.1) is 0 Å². The molecular formula is C10H21NO2S2. The lowest BCUT2D eigenvalue weighted by Gasteiger charge is -2.28. The number of hydrogen-bond donors (Lipinski definition) is 0. The highest BCUT2D eigenvalue weighted by molar-refractivity contribution is 7.99. The molecule has 2 unspecified atom stereocenters. The second-order valence-electron chi connectivity index (χ2n) is 4.38. The van der Waals surface area contributed by atoms with E-state index < -0.39 is 9.84 Å². The molecular weight excluding hydrogens is 230 g/mol. The largest absolute Gasteiger partial charge is 0.301 e. The molecule has 1 aliphatic carbocycles. The molecule has 5 heteroatoms. The summed E-state index contributed by atoms with van der Waals surface area (Å²) in [5, 5.41) is 0.689. The van der Waals surface area contributed by atoms with Crippen molar-refractivity contribution in [2.24, 2.45) is 0 Å². The zero-order valence-electron chi connectivity index (χ0n) is 9.77. The minimum Gasteiger partial charge on any atom is -0.301 e. The molecule has 1 aliphatic rings. The lowest BCUT2D eigenvalue weighted by atomic mass is 10.2. The summed E-state index contributed by atoms with van der Waals surface area (Å²) in [5.41, 5.74) is 0. The third-order valence-corrected chi connectivity index (χ3v) is 5.18. The van der Waals surface area contributed by atoms with Gasteiger partial charge < -0.3 is 4.90 Å². The molecule has 0 aliphatic heterocycles. The van der Waals surface area contributed by atoms with Gasteiger partial charge in [0.15, 0.2) is 0 Å². The van der Waals surface area contributed by atoms with Crippen LogP contribution in [0.3, 0.4) is 0 Å². The number of hydrogen-bond acceptors (Lipinski definition) is 4. The molecule has 0 amide bonds. The van der Waals surface area contributed by atoms with Crippen molar-refractivity contribution in [3.63, 3.8) is 0 Å². The Morgan fingerprint density at radius 2 is 2.07 bits per heavy atom. The van der Waals surface area contributed by atoms with Crippen molar-refractivity contribution in [3.05, 3.63) is 0 Å². The Bertz CT molecular complexity index is 290. The molecule has 0 spiro atoms. The fraction of sp³-hybridized carbons (Fsp3) is 1.00. The van der Waals surface area contributed by atoms with Crippen molar-refractivity contribution in [2.45, 2.75) is 30.6 Å². The van der Waals surface area contributed by atoms with E-state index in [2.05, 4.69) is 11.2 Å². The molecule has 0 heterocycles. The van der Waals surface area contributed by atoms with Gasteiger partial charge in [0.2, 0.25) is 0 Å². The lowest BCUT2D eigenvalue weighted by molar-refractivity contribution is 0.264. The van der Waals surface area contributed by atoms with Gasteiger partial charge in [-0.2, -0.15) is 11.8 Å². The molecule has 3 nitrogen and oxygen atoms in total. The molecule has 0 aromatic carbocycles. The molecule has 1 saturated carbocycles. The van der Waals surface area contributed by atoms with Gasteiger partial charge in [-0.15, -0.1) is 0 Å². The third-order valence-electron chi connectivity index (χ3n) is 3.10. The van der Waals surface area contributed by atoms with Crippen molar-refractivity contribution in [3.8, 4) is 0 Å². The molecule has 0 bridgehead atoms. The molecule has 0 N–H and O–H groups in total. The SMILES string of the molecule is CSC1CCCC1N(C)CCS(C)(=O)=O. The first kappa shape index (κ1) is 13.3. The molecule has 0 aromatic heterocycles. The van der Waals surface area contributed by atoms with E-state index >= 15 is 0 Å². The Balaban J connectivity index is 2.42. The van der Waals surface area contributed by atoms with Crippen LogP contribution in [0.25, 0.3) is 0 Å². The smallest absolute Gasteiger partial charge is 0.148 e. The third kappa shape index (κ3) is 4.33. The van der Waals surface area contributed by atoms with Crippen molar-refractivity contribution in [1.29, 1.82) is 0 Å². The number of sulfone groups is 1. The van der Waals surface area contributed by atoms with Gasteiger partial charge in [-0.3, -0.25) is 0 Å². The summed E-state index contributed by atoms with van der Waals surface area (Å²) in [6.45, 7) is 0.667. The zero-order chi connectivity index (χ0) is 11.5. The number of rotatable bonds is 5. The molecule has 2 atom stereocenters. The van der Waals surface area contributed by atoms with Crippen LogP contribution in [0.4, 0.5) is 0 Å². The van der Waals surface area contributed by atoms with Gasteiger partial charge in [0, 0.05) is 24.1 Å². The minimum absolute atomic E-state index is 0.279. The molecule has 1 fully saturated rings. The predicted molar refractivity (Wildman–Crippen MR) is 67.3 cm³/mol. The van der Waals surface area contributed by atoms with Crippen molar-refractivity contribution in [1.82, 2.24) is 4.90 Å². The van der Waals surface area contributed by atoms with Crippen molar-refractivity contribution >= 4 is 21.6 Å². The van der Waals surface area contributed by atoms with E-state index in [4.69, 9.17) is 0 Å². The topological polar surface area (TPSA) is 37.4 Å².